The molecule has 0 spiro atoms. The predicted molar refractivity (Wildman–Crippen MR) is 98.6 cm³/mol. The van der Waals surface area contributed by atoms with Gasteiger partial charge >= 0.3 is 0 Å². The van der Waals surface area contributed by atoms with Crippen LogP contribution in [0.2, 0.25) is 10.0 Å². The number of carbonyl (C=O) groups is 2. The first kappa shape index (κ1) is 18.7. The number of hydrogen-bond donors (Lipinski definition) is 1. The summed E-state index contributed by atoms with van der Waals surface area (Å²) in [6.45, 7) is 2.04. The number of likely N-dealkylation sites (N-methyl/N-ethyl adjacent to an activating group) is 1. The molecule has 24 heavy (non-hydrogen) atoms. The minimum atomic E-state index is -0.386. The van der Waals surface area contributed by atoms with Crippen LogP contribution in [-0.4, -0.2) is 34.8 Å². The first-order valence-electron chi connectivity index (χ1n) is 7.06. The van der Waals surface area contributed by atoms with Crippen LogP contribution in [0.1, 0.15) is 17.3 Å². The molecular weight excluding hydrogens is 417 g/mol. The summed E-state index contributed by atoms with van der Waals surface area (Å²) in [6, 6.07) is 6.58. The number of pyridine rings is 1. The van der Waals surface area contributed by atoms with E-state index < -0.39 is 0 Å². The van der Waals surface area contributed by atoms with Gasteiger partial charge in [0, 0.05) is 23.4 Å². The van der Waals surface area contributed by atoms with E-state index in [0.717, 1.165) is 0 Å². The van der Waals surface area contributed by atoms with Crippen LogP contribution in [0.5, 0.6) is 0 Å². The number of aromatic nitrogens is 1. The maximum atomic E-state index is 12.5. The molecule has 2 rings (SSSR count). The first-order chi connectivity index (χ1) is 11.4. The third kappa shape index (κ3) is 4.69. The molecule has 0 aliphatic carbocycles. The highest BCUT2D eigenvalue weighted by Crippen LogP contribution is 2.29. The molecule has 0 fully saturated rings. The molecule has 0 aliphatic rings. The summed E-state index contributed by atoms with van der Waals surface area (Å²) in [7, 11) is 0. The second kappa shape index (κ2) is 8.46. The number of hydrogen-bond acceptors (Lipinski definition) is 3. The molecule has 5 nitrogen and oxygen atoms in total. The average molecular weight is 431 g/mol. The Morgan fingerprint density at radius 3 is 2.50 bits per heavy atom. The van der Waals surface area contributed by atoms with E-state index >= 15 is 0 Å². The molecule has 126 valence electrons. The van der Waals surface area contributed by atoms with Crippen LogP contribution in [0.15, 0.2) is 41.1 Å². The summed E-state index contributed by atoms with van der Waals surface area (Å²) < 4.78 is 0.691. The zero-order chi connectivity index (χ0) is 17.7. The highest BCUT2D eigenvalue weighted by molar-refractivity contribution is 9.10. The molecule has 1 heterocycles. The Bertz CT molecular complexity index is 750. The number of carbonyl (C=O) groups excluding carboxylic acids is 2. The molecule has 0 atom stereocenters. The van der Waals surface area contributed by atoms with E-state index in [9.17, 15) is 9.59 Å². The summed E-state index contributed by atoms with van der Waals surface area (Å²) in [4.78, 5) is 30.1. The van der Waals surface area contributed by atoms with E-state index in [0.29, 0.717) is 32.3 Å². The van der Waals surface area contributed by atoms with Crippen molar-refractivity contribution >= 4 is 56.6 Å². The summed E-state index contributed by atoms with van der Waals surface area (Å²) in [5.41, 5.74) is 0.730. The normalized spacial score (nSPS) is 10.3. The van der Waals surface area contributed by atoms with Gasteiger partial charge in [-0.05, 0) is 41.1 Å². The van der Waals surface area contributed by atoms with Gasteiger partial charge < -0.3 is 10.2 Å². The second-order valence-electron chi connectivity index (χ2n) is 4.86. The molecule has 0 aliphatic heterocycles. The summed E-state index contributed by atoms with van der Waals surface area (Å²) >= 11 is 15.3. The molecule has 2 aromatic rings. The van der Waals surface area contributed by atoms with Crippen LogP contribution in [0.3, 0.4) is 0 Å². The number of rotatable bonds is 5. The fraction of sp³-hybridized carbons (Fsp3) is 0.188. The van der Waals surface area contributed by atoms with Gasteiger partial charge in [-0.3, -0.25) is 14.6 Å². The van der Waals surface area contributed by atoms with E-state index in [-0.39, 0.29) is 18.4 Å². The minimum Gasteiger partial charge on any atom is -0.330 e. The van der Waals surface area contributed by atoms with E-state index in [1.165, 1.54) is 11.1 Å². The smallest absolute Gasteiger partial charge is 0.255 e. The number of amides is 2. The Balaban J connectivity index is 2.09. The molecule has 1 N–H and O–H groups in total. The van der Waals surface area contributed by atoms with Crippen LogP contribution in [-0.2, 0) is 4.79 Å². The van der Waals surface area contributed by atoms with Gasteiger partial charge in [0.2, 0.25) is 5.91 Å². The standard InChI is InChI=1S/C16H14BrCl2N3O2/c1-2-22(16(24)10-6-11(17)8-20-7-10)9-14(23)21-15-12(18)4-3-5-13(15)19/h3-8H,2,9H2,1H3,(H,21,23). The lowest BCUT2D eigenvalue weighted by Gasteiger charge is -2.20. The number of nitrogens with one attached hydrogen (secondary N) is 1. The molecule has 1 aromatic heterocycles. The Hall–Kier alpha value is -1.63. The third-order valence-corrected chi connectivity index (χ3v) is 4.25. The van der Waals surface area contributed by atoms with Crippen LogP contribution in [0, 0.1) is 0 Å². The maximum Gasteiger partial charge on any atom is 0.255 e. The molecule has 2 amide bonds. The number of nitrogens with zero attached hydrogens (tertiary/aromatic N) is 2. The fourth-order valence-electron chi connectivity index (χ4n) is 2.01. The van der Waals surface area contributed by atoms with Crippen molar-refractivity contribution in [1.82, 2.24) is 9.88 Å². The van der Waals surface area contributed by atoms with Gasteiger partial charge in [0.1, 0.15) is 6.54 Å². The predicted octanol–water partition coefficient (Wildman–Crippen LogP) is 4.25. The van der Waals surface area contributed by atoms with Crippen LogP contribution in [0.4, 0.5) is 5.69 Å². The van der Waals surface area contributed by atoms with E-state index in [4.69, 9.17) is 23.2 Å². The summed E-state index contributed by atoms with van der Waals surface area (Å²) in [5.74, 6) is -0.671. The van der Waals surface area contributed by atoms with Crippen molar-refractivity contribution < 1.29 is 9.59 Å². The summed E-state index contributed by atoms with van der Waals surface area (Å²) in [6.07, 6.45) is 3.04. The number of halogens is 3. The lowest BCUT2D eigenvalue weighted by Crippen LogP contribution is -2.38. The topological polar surface area (TPSA) is 62.3 Å². The molecule has 1 aromatic carbocycles. The van der Waals surface area contributed by atoms with Crippen molar-refractivity contribution in [2.24, 2.45) is 0 Å². The van der Waals surface area contributed by atoms with Gasteiger partial charge in [-0.15, -0.1) is 0 Å². The number of anilines is 1. The Labute approximate surface area is 158 Å². The van der Waals surface area contributed by atoms with Crippen LogP contribution < -0.4 is 5.32 Å². The monoisotopic (exact) mass is 429 g/mol. The average Bonchev–Trinajstić information content (AvgIpc) is 2.55. The SMILES string of the molecule is CCN(CC(=O)Nc1c(Cl)cccc1Cl)C(=O)c1cncc(Br)c1. The van der Waals surface area contributed by atoms with Crippen molar-refractivity contribution in [1.29, 1.82) is 0 Å². The first-order valence-corrected chi connectivity index (χ1v) is 8.61. The highest BCUT2D eigenvalue weighted by Gasteiger charge is 2.19. The van der Waals surface area contributed by atoms with Gasteiger partial charge in [0.25, 0.3) is 5.91 Å². The van der Waals surface area contributed by atoms with Gasteiger partial charge in [0.15, 0.2) is 0 Å². The quantitative estimate of drug-likeness (QED) is 0.770. The molecule has 8 heteroatoms. The number of benzene rings is 1. The fourth-order valence-corrected chi connectivity index (χ4v) is 2.86. The van der Waals surface area contributed by atoms with Crippen LogP contribution in [0.25, 0.3) is 0 Å². The maximum absolute atomic E-state index is 12.5. The van der Waals surface area contributed by atoms with Crippen molar-refractivity contribution in [3.8, 4) is 0 Å². The lowest BCUT2D eigenvalue weighted by atomic mass is 10.2. The van der Waals surface area contributed by atoms with E-state index in [2.05, 4.69) is 26.2 Å². The van der Waals surface area contributed by atoms with Gasteiger partial charge in [0.05, 0.1) is 21.3 Å². The minimum absolute atomic E-state index is 0.122. The molecule has 0 saturated heterocycles. The van der Waals surface area contributed by atoms with Crippen molar-refractivity contribution in [2.75, 3.05) is 18.4 Å². The van der Waals surface area contributed by atoms with Gasteiger partial charge in [-0.1, -0.05) is 29.3 Å². The Morgan fingerprint density at radius 2 is 1.92 bits per heavy atom. The zero-order valence-corrected chi connectivity index (χ0v) is 15.8. The van der Waals surface area contributed by atoms with Crippen molar-refractivity contribution in [3.05, 3.63) is 56.7 Å². The third-order valence-electron chi connectivity index (χ3n) is 3.18. The van der Waals surface area contributed by atoms with E-state index in [1.54, 1.807) is 37.4 Å². The molecule has 0 unspecified atom stereocenters. The zero-order valence-electron chi connectivity index (χ0n) is 12.7. The number of para-hydroxylation sites is 1. The molecule has 0 saturated carbocycles. The summed E-state index contributed by atoms with van der Waals surface area (Å²) in [5, 5.41) is 3.31. The Kier molecular flexibility index (Phi) is 6.60. The van der Waals surface area contributed by atoms with Crippen molar-refractivity contribution in [2.45, 2.75) is 6.92 Å². The van der Waals surface area contributed by atoms with Crippen LogP contribution >= 0.6 is 39.1 Å². The molecular formula is C16H14BrCl2N3O2. The van der Waals surface area contributed by atoms with Gasteiger partial charge in [-0.25, -0.2) is 0 Å². The van der Waals surface area contributed by atoms with E-state index in [1.807, 2.05) is 0 Å². The largest absolute Gasteiger partial charge is 0.330 e. The highest BCUT2D eigenvalue weighted by atomic mass is 79.9. The molecule has 0 radical (unpaired) electrons. The molecule has 0 bridgehead atoms. The lowest BCUT2D eigenvalue weighted by molar-refractivity contribution is -0.116. The van der Waals surface area contributed by atoms with Gasteiger partial charge in [-0.2, -0.15) is 0 Å². The Morgan fingerprint density at radius 1 is 1.25 bits per heavy atom. The van der Waals surface area contributed by atoms with Crippen molar-refractivity contribution in [3.63, 3.8) is 0 Å². The second-order valence-corrected chi connectivity index (χ2v) is 6.59.